The van der Waals surface area contributed by atoms with Gasteiger partial charge in [-0.1, -0.05) is 60.7 Å². The number of methoxy groups -OCH3 is 1. The van der Waals surface area contributed by atoms with Gasteiger partial charge >= 0.3 is 0 Å². The lowest BCUT2D eigenvalue weighted by molar-refractivity contribution is -0.132. The maximum atomic E-state index is 13.2. The fourth-order valence-electron chi connectivity index (χ4n) is 3.74. The molecule has 0 spiro atoms. The summed E-state index contributed by atoms with van der Waals surface area (Å²) in [5.41, 5.74) is 2.42. The van der Waals surface area contributed by atoms with Gasteiger partial charge in [0.15, 0.2) is 0 Å². The molecular weight excluding hydrogens is 402 g/mol. The van der Waals surface area contributed by atoms with Crippen LogP contribution < -0.4 is 10.3 Å². The summed E-state index contributed by atoms with van der Waals surface area (Å²) in [6.07, 6.45) is 0.890. The van der Waals surface area contributed by atoms with Crippen LogP contribution in [0.15, 0.2) is 83.7 Å². The Labute approximate surface area is 186 Å². The number of aromatic nitrogens is 2. The third kappa shape index (κ3) is 5.03. The van der Waals surface area contributed by atoms with Crippen molar-refractivity contribution in [1.82, 2.24) is 14.9 Å². The van der Waals surface area contributed by atoms with E-state index in [-0.39, 0.29) is 18.0 Å². The minimum atomic E-state index is -0.202. The number of para-hydroxylation sites is 2. The molecular formula is C26H25N3O3. The first-order valence-corrected chi connectivity index (χ1v) is 10.6. The van der Waals surface area contributed by atoms with Crippen molar-refractivity contribution in [2.75, 3.05) is 7.11 Å². The van der Waals surface area contributed by atoms with Crippen LogP contribution in [-0.2, 0) is 24.3 Å². The van der Waals surface area contributed by atoms with Gasteiger partial charge in [0.25, 0.3) is 5.56 Å². The summed E-state index contributed by atoms with van der Waals surface area (Å²) in [7, 11) is 1.63. The van der Waals surface area contributed by atoms with E-state index in [2.05, 4.69) is 9.97 Å². The van der Waals surface area contributed by atoms with Crippen molar-refractivity contribution in [1.29, 1.82) is 0 Å². The van der Waals surface area contributed by atoms with Gasteiger partial charge in [-0.05, 0) is 35.7 Å². The summed E-state index contributed by atoms with van der Waals surface area (Å²) in [5.74, 6) is 1.22. The summed E-state index contributed by atoms with van der Waals surface area (Å²) in [4.78, 5) is 34.9. The van der Waals surface area contributed by atoms with Crippen LogP contribution in [0.1, 0.15) is 23.4 Å². The first-order valence-electron chi connectivity index (χ1n) is 10.6. The number of amides is 1. The van der Waals surface area contributed by atoms with E-state index in [1.165, 1.54) is 0 Å². The number of aryl methyl sites for hydroxylation is 1. The van der Waals surface area contributed by atoms with Gasteiger partial charge in [-0.15, -0.1) is 0 Å². The number of benzene rings is 3. The third-order valence-corrected chi connectivity index (χ3v) is 5.37. The average Bonchev–Trinajstić information content (AvgIpc) is 2.83. The highest BCUT2D eigenvalue weighted by Gasteiger charge is 2.17. The van der Waals surface area contributed by atoms with Gasteiger partial charge in [-0.25, -0.2) is 4.98 Å². The second-order valence-electron chi connectivity index (χ2n) is 7.58. The summed E-state index contributed by atoms with van der Waals surface area (Å²) < 4.78 is 5.41. The maximum Gasteiger partial charge on any atom is 0.258 e. The molecule has 1 amide bonds. The molecule has 1 N–H and O–H groups in total. The van der Waals surface area contributed by atoms with E-state index in [1.807, 2.05) is 66.7 Å². The molecule has 162 valence electrons. The molecule has 0 saturated heterocycles. The number of H-pyrrole nitrogens is 1. The lowest BCUT2D eigenvalue weighted by Crippen LogP contribution is -2.32. The average molecular weight is 428 g/mol. The van der Waals surface area contributed by atoms with E-state index < -0.39 is 0 Å². The predicted octanol–water partition coefficient (Wildman–Crippen LogP) is 4.09. The monoisotopic (exact) mass is 427 g/mol. The van der Waals surface area contributed by atoms with Gasteiger partial charge in [0.1, 0.15) is 11.6 Å². The SMILES string of the molecule is COc1ccccc1CCC(=O)N(Cc1ccccc1)Cc1nc2ccccc2c(=O)[nH]1. The maximum absolute atomic E-state index is 13.2. The summed E-state index contributed by atoms with van der Waals surface area (Å²) in [6.45, 7) is 0.655. The van der Waals surface area contributed by atoms with Gasteiger partial charge in [0, 0.05) is 13.0 Å². The zero-order chi connectivity index (χ0) is 22.3. The van der Waals surface area contributed by atoms with Crippen LogP contribution >= 0.6 is 0 Å². The fourth-order valence-corrected chi connectivity index (χ4v) is 3.74. The highest BCUT2D eigenvalue weighted by molar-refractivity contribution is 5.78. The molecule has 6 heteroatoms. The fraction of sp³-hybridized carbons (Fsp3) is 0.192. The van der Waals surface area contributed by atoms with E-state index in [0.717, 1.165) is 16.9 Å². The molecule has 1 aromatic heterocycles. The lowest BCUT2D eigenvalue weighted by atomic mass is 10.1. The zero-order valence-corrected chi connectivity index (χ0v) is 18.0. The Hall–Kier alpha value is -3.93. The number of fused-ring (bicyclic) bond motifs is 1. The molecule has 0 aliphatic rings. The molecule has 0 saturated carbocycles. The zero-order valence-electron chi connectivity index (χ0n) is 18.0. The van der Waals surface area contributed by atoms with Gasteiger partial charge < -0.3 is 14.6 Å². The minimum absolute atomic E-state index is 0.0180. The van der Waals surface area contributed by atoms with Crippen molar-refractivity contribution in [2.24, 2.45) is 0 Å². The highest BCUT2D eigenvalue weighted by atomic mass is 16.5. The molecule has 4 rings (SSSR count). The minimum Gasteiger partial charge on any atom is -0.496 e. The molecule has 0 fully saturated rings. The first-order chi connectivity index (χ1) is 15.6. The number of carbonyl (C=O) groups is 1. The Bertz CT molecular complexity index is 1270. The summed E-state index contributed by atoms with van der Waals surface area (Å²) in [6, 6.07) is 24.7. The number of hydrogen-bond acceptors (Lipinski definition) is 4. The van der Waals surface area contributed by atoms with Crippen LogP contribution in [0.3, 0.4) is 0 Å². The number of rotatable bonds is 8. The number of carbonyl (C=O) groups excluding carboxylic acids is 1. The van der Waals surface area contributed by atoms with Gasteiger partial charge in [-0.3, -0.25) is 9.59 Å². The topological polar surface area (TPSA) is 75.3 Å². The van der Waals surface area contributed by atoms with Crippen molar-refractivity contribution in [3.8, 4) is 5.75 Å². The van der Waals surface area contributed by atoms with Crippen LogP contribution in [0.2, 0.25) is 0 Å². The summed E-state index contributed by atoms with van der Waals surface area (Å²) in [5, 5.41) is 0.536. The molecule has 4 aromatic rings. The van der Waals surface area contributed by atoms with E-state index >= 15 is 0 Å². The second-order valence-corrected chi connectivity index (χ2v) is 7.58. The molecule has 32 heavy (non-hydrogen) atoms. The molecule has 1 heterocycles. The van der Waals surface area contributed by atoms with Crippen LogP contribution in [0, 0.1) is 0 Å². The number of nitrogens with zero attached hydrogens (tertiary/aromatic N) is 2. The molecule has 0 bridgehead atoms. The van der Waals surface area contributed by atoms with E-state index in [0.29, 0.717) is 36.1 Å². The Morgan fingerprint density at radius 2 is 1.66 bits per heavy atom. The normalized spacial score (nSPS) is 10.8. The molecule has 0 radical (unpaired) electrons. The van der Waals surface area contributed by atoms with E-state index in [1.54, 1.807) is 24.1 Å². The van der Waals surface area contributed by atoms with Crippen molar-refractivity contribution in [3.63, 3.8) is 0 Å². The van der Waals surface area contributed by atoms with Crippen molar-refractivity contribution in [2.45, 2.75) is 25.9 Å². The lowest BCUT2D eigenvalue weighted by Gasteiger charge is -2.23. The highest BCUT2D eigenvalue weighted by Crippen LogP contribution is 2.20. The Balaban J connectivity index is 1.57. The predicted molar refractivity (Wildman–Crippen MR) is 124 cm³/mol. The quantitative estimate of drug-likeness (QED) is 0.460. The molecule has 0 aliphatic heterocycles. The molecule has 0 aliphatic carbocycles. The van der Waals surface area contributed by atoms with Crippen molar-refractivity contribution >= 4 is 16.8 Å². The third-order valence-electron chi connectivity index (χ3n) is 5.37. The first kappa shape index (κ1) is 21.3. The van der Waals surface area contributed by atoms with Gasteiger partial charge in [0.05, 0.1) is 24.6 Å². The number of aromatic amines is 1. The van der Waals surface area contributed by atoms with Crippen LogP contribution in [0.4, 0.5) is 0 Å². The van der Waals surface area contributed by atoms with Crippen LogP contribution in [0.5, 0.6) is 5.75 Å². The second kappa shape index (κ2) is 9.92. The van der Waals surface area contributed by atoms with Crippen molar-refractivity contribution in [3.05, 3.63) is 106 Å². The van der Waals surface area contributed by atoms with Crippen LogP contribution in [-0.4, -0.2) is 27.9 Å². The van der Waals surface area contributed by atoms with Gasteiger partial charge in [0.2, 0.25) is 5.91 Å². The standard InChI is InChI=1S/C26H25N3O3/c1-32-23-14-8-5-11-20(23)15-16-25(30)29(17-19-9-3-2-4-10-19)18-24-27-22-13-7-6-12-21(22)26(31)28-24/h2-14H,15-18H2,1H3,(H,27,28,31). The van der Waals surface area contributed by atoms with Gasteiger partial charge in [-0.2, -0.15) is 0 Å². The van der Waals surface area contributed by atoms with E-state index in [9.17, 15) is 9.59 Å². The number of hydrogen-bond donors (Lipinski definition) is 1. The number of nitrogens with one attached hydrogen (secondary N) is 1. The smallest absolute Gasteiger partial charge is 0.258 e. The largest absolute Gasteiger partial charge is 0.496 e. The Kier molecular flexibility index (Phi) is 6.60. The van der Waals surface area contributed by atoms with Crippen LogP contribution in [0.25, 0.3) is 10.9 Å². The summed E-state index contributed by atoms with van der Waals surface area (Å²) >= 11 is 0. The molecule has 6 nitrogen and oxygen atoms in total. The van der Waals surface area contributed by atoms with Crippen molar-refractivity contribution < 1.29 is 9.53 Å². The van der Waals surface area contributed by atoms with E-state index in [4.69, 9.17) is 4.74 Å². The Morgan fingerprint density at radius 1 is 0.938 bits per heavy atom. The Morgan fingerprint density at radius 3 is 2.47 bits per heavy atom. The molecule has 0 atom stereocenters. The molecule has 3 aromatic carbocycles. The molecule has 0 unspecified atom stereocenters. The number of ether oxygens (including phenoxy) is 1.